The summed E-state index contributed by atoms with van der Waals surface area (Å²) in [5.41, 5.74) is 0. The maximum atomic E-state index is 12.5. The molecule has 0 saturated heterocycles. The highest BCUT2D eigenvalue weighted by molar-refractivity contribution is 5.71. The van der Waals surface area contributed by atoms with Gasteiger partial charge in [-0.2, -0.15) is 0 Å². The quantitative estimate of drug-likeness (QED) is 0.0366. The number of carbonyl (C=O) groups is 3. The summed E-state index contributed by atoms with van der Waals surface area (Å²) in [6, 6.07) is 0. The third-order valence-corrected chi connectivity index (χ3v) is 9.47. The van der Waals surface area contributed by atoms with Crippen molar-refractivity contribution in [3.05, 3.63) is 0 Å². The second-order valence-corrected chi connectivity index (χ2v) is 15.6. The van der Waals surface area contributed by atoms with Crippen LogP contribution in [0.3, 0.4) is 0 Å². The van der Waals surface area contributed by atoms with Crippen LogP contribution in [0, 0.1) is 11.8 Å². The van der Waals surface area contributed by atoms with E-state index in [0.29, 0.717) is 19.3 Å². The number of rotatable bonds is 37. The number of hydrogen-bond donors (Lipinski definition) is 0. The molecule has 0 heterocycles. The molecule has 0 rings (SSSR count). The predicted octanol–water partition coefficient (Wildman–Crippen LogP) is 13.0. The minimum atomic E-state index is -0.758. The van der Waals surface area contributed by atoms with Crippen molar-refractivity contribution in [3.63, 3.8) is 0 Å². The number of unbranched alkanes of at least 4 members (excludes halogenated alkanes) is 22. The van der Waals surface area contributed by atoms with E-state index in [4.69, 9.17) is 14.2 Å². The van der Waals surface area contributed by atoms with Gasteiger partial charge >= 0.3 is 17.9 Å². The van der Waals surface area contributed by atoms with Gasteiger partial charge in [0.25, 0.3) is 0 Å². The van der Waals surface area contributed by atoms with Crippen LogP contribution >= 0.6 is 0 Å². The molecule has 0 spiro atoms. The Morgan fingerprint density at radius 3 is 1.00 bits per heavy atom. The van der Waals surface area contributed by atoms with Crippen LogP contribution in [-0.4, -0.2) is 37.2 Å². The van der Waals surface area contributed by atoms with E-state index in [1.165, 1.54) is 109 Å². The molecule has 0 bridgehead atoms. The first-order valence-corrected chi connectivity index (χ1v) is 21.2. The summed E-state index contributed by atoms with van der Waals surface area (Å²) in [4.78, 5) is 37.3. The molecular weight excluding hydrogens is 612 g/mol. The summed E-state index contributed by atoms with van der Waals surface area (Å²) in [7, 11) is 0. The molecule has 0 unspecified atom stereocenters. The molecule has 0 aromatic carbocycles. The predicted molar refractivity (Wildman–Crippen MR) is 206 cm³/mol. The summed E-state index contributed by atoms with van der Waals surface area (Å²) < 4.78 is 16.6. The molecule has 0 saturated carbocycles. The van der Waals surface area contributed by atoms with Gasteiger partial charge < -0.3 is 14.2 Å². The third-order valence-electron chi connectivity index (χ3n) is 9.47. The summed E-state index contributed by atoms with van der Waals surface area (Å²) in [6.45, 7) is 11.2. The SMILES string of the molecule is CCCCCCCC(=O)O[C@H](COC(=O)CCCCCCCCCCCCCCC(C)C)COC(=O)CCCCCCCCCCC(C)C. The van der Waals surface area contributed by atoms with Crippen molar-refractivity contribution in [1.82, 2.24) is 0 Å². The van der Waals surface area contributed by atoms with E-state index in [-0.39, 0.29) is 31.1 Å². The lowest BCUT2D eigenvalue weighted by Crippen LogP contribution is -2.30. The molecule has 0 radical (unpaired) electrons. The van der Waals surface area contributed by atoms with Crippen LogP contribution in [0.2, 0.25) is 0 Å². The van der Waals surface area contributed by atoms with E-state index in [0.717, 1.165) is 76.0 Å². The Hall–Kier alpha value is -1.59. The van der Waals surface area contributed by atoms with E-state index in [1.54, 1.807) is 0 Å². The molecule has 0 aromatic heterocycles. The second kappa shape index (κ2) is 36.2. The minimum Gasteiger partial charge on any atom is -0.462 e. The molecule has 0 amide bonds. The van der Waals surface area contributed by atoms with Gasteiger partial charge in [0, 0.05) is 19.3 Å². The zero-order valence-corrected chi connectivity index (χ0v) is 33.3. The molecule has 0 aliphatic heterocycles. The van der Waals surface area contributed by atoms with Gasteiger partial charge in [0.05, 0.1) is 0 Å². The lowest BCUT2D eigenvalue weighted by molar-refractivity contribution is -0.167. The van der Waals surface area contributed by atoms with Crippen LogP contribution in [0.5, 0.6) is 0 Å². The monoisotopic (exact) mass is 695 g/mol. The zero-order valence-electron chi connectivity index (χ0n) is 33.3. The second-order valence-electron chi connectivity index (χ2n) is 15.6. The van der Waals surface area contributed by atoms with E-state index < -0.39 is 6.10 Å². The van der Waals surface area contributed by atoms with Crippen LogP contribution < -0.4 is 0 Å². The molecule has 49 heavy (non-hydrogen) atoms. The van der Waals surface area contributed by atoms with Crippen LogP contribution in [0.4, 0.5) is 0 Å². The number of carbonyl (C=O) groups excluding carboxylic acids is 3. The minimum absolute atomic E-state index is 0.0669. The zero-order chi connectivity index (χ0) is 36.2. The standard InChI is InChI=1S/C43H82O6/c1-6-7-8-21-30-35-43(46)49-40(37-48-42(45)34-29-25-20-16-15-18-23-27-32-39(4)5)36-47-41(44)33-28-24-19-14-12-10-9-11-13-17-22-26-31-38(2)3/h38-40H,6-37H2,1-5H3/t40-/m1/s1. The lowest BCUT2D eigenvalue weighted by Gasteiger charge is -2.18. The van der Waals surface area contributed by atoms with Gasteiger partial charge in [0.1, 0.15) is 13.2 Å². The van der Waals surface area contributed by atoms with Crippen molar-refractivity contribution in [3.8, 4) is 0 Å². The molecule has 1 atom stereocenters. The first-order valence-electron chi connectivity index (χ1n) is 21.2. The maximum Gasteiger partial charge on any atom is 0.306 e. The normalized spacial score (nSPS) is 12.1. The Kier molecular flexibility index (Phi) is 35.0. The largest absolute Gasteiger partial charge is 0.462 e. The first kappa shape index (κ1) is 47.4. The Bertz CT molecular complexity index is 749. The Balaban J connectivity index is 4.16. The van der Waals surface area contributed by atoms with E-state index >= 15 is 0 Å². The molecule has 6 nitrogen and oxygen atoms in total. The van der Waals surface area contributed by atoms with Crippen molar-refractivity contribution in [2.24, 2.45) is 11.8 Å². The van der Waals surface area contributed by atoms with E-state index in [2.05, 4.69) is 34.6 Å². The highest BCUT2D eigenvalue weighted by Gasteiger charge is 2.19. The van der Waals surface area contributed by atoms with Gasteiger partial charge in [0.15, 0.2) is 6.10 Å². The summed E-state index contributed by atoms with van der Waals surface area (Å²) in [5, 5.41) is 0. The molecule has 0 aliphatic rings. The molecule has 0 fully saturated rings. The number of hydrogen-bond acceptors (Lipinski definition) is 6. The van der Waals surface area contributed by atoms with Crippen molar-refractivity contribution >= 4 is 17.9 Å². The van der Waals surface area contributed by atoms with Crippen LogP contribution in [0.1, 0.15) is 227 Å². The molecule has 290 valence electrons. The highest BCUT2D eigenvalue weighted by Crippen LogP contribution is 2.16. The van der Waals surface area contributed by atoms with Gasteiger partial charge in [-0.05, 0) is 31.1 Å². The smallest absolute Gasteiger partial charge is 0.306 e. The maximum absolute atomic E-state index is 12.5. The van der Waals surface area contributed by atoms with Crippen LogP contribution in [0.15, 0.2) is 0 Å². The first-order chi connectivity index (χ1) is 23.7. The average molecular weight is 695 g/mol. The fraction of sp³-hybridized carbons (Fsp3) is 0.930. The van der Waals surface area contributed by atoms with Crippen molar-refractivity contribution in [2.75, 3.05) is 13.2 Å². The summed E-state index contributed by atoms with van der Waals surface area (Å²) in [5.74, 6) is 0.753. The molecule has 0 aromatic rings. The molecule has 0 aliphatic carbocycles. The van der Waals surface area contributed by atoms with Crippen molar-refractivity contribution in [2.45, 2.75) is 233 Å². The Morgan fingerprint density at radius 1 is 0.388 bits per heavy atom. The van der Waals surface area contributed by atoms with Gasteiger partial charge in [-0.3, -0.25) is 14.4 Å². The van der Waals surface area contributed by atoms with Crippen molar-refractivity contribution in [1.29, 1.82) is 0 Å². The number of esters is 3. The van der Waals surface area contributed by atoms with Crippen LogP contribution in [0.25, 0.3) is 0 Å². The fourth-order valence-electron chi connectivity index (χ4n) is 6.22. The topological polar surface area (TPSA) is 78.9 Å². The summed E-state index contributed by atoms with van der Waals surface area (Å²) >= 11 is 0. The molecule has 0 N–H and O–H groups in total. The molecular formula is C43H82O6. The summed E-state index contributed by atoms with van der Waals surface area (Å²) in [6.07, 6.45) is 32.7. The third kappa shape index (κ3) is 37.5. The van der Waals surface area contributed by atoms with Gasteiger partial charge in [-0.1, -0.05) is 189 Å². The average Bonchev–Trinajstić information content (AvgIpc) is 3.06. The van der Waals surface area contributed by atoms with Gasteiger partial charge in [-0.15, -0.1) is 0 Å². The van der Waals surface area contributed by atoms with Gasteiger partial charge in [0.2, 0.25) is 0 Å². The van der Waals surface area contributed by atoms with E-state index in [9.17, 15) is 14.4 Å². The van der Waals surface area contributed by atoms with Gasteiger partial charge in [-0.25, -0.2) is 0 Å². The highest BCUT2D eigenvalue weighted by atomic mass is 16.6. The fourth-order valence-corrected chi connectivity index (χ4v) is 6.22. The van der Waals surface area contributed by atoms with E-state index in [1.807, 2.05) is 0 Å². The Morgan fingerprint density at radius 2 is 0.673 bits per heavy atom. The molecule has 6 heteroatoms. The number of ether oxygens (including phenoxy) is 3. The Labute approximate surface area is 304 Å². The van der Waals surface area contributed by atoms with Crippen LogP contribution in [-0.2, 0) is 28.6 Å². The van der Waals surface area contributed by atoms with Crippen molar-refractivity contribution < 1.29 is 28.6 Å². The lowest BCUT2D eigenvalue weighted by atomic mass is 10.0.